The lowest BCUT2D eigenvalue weighted by molar-refractivity contribution is -0.161. The third-order valence-corrected chi connectivity index (χ3v) is 18.1. The summed E-state index contributed by atoms with van der Waals surface area (Å²) in [6, 6.07) is 0. The third-order valence-electron chi connectivity index (χ3n) is 16.2. The highest BCUT2D eigenvalue weighted by molar-refractivity contribution is 7.47. The van der Waals surface area contributed by atoms with E-state index in [1.54, 1.807) is 0 Å². The Morgan fingerprint density at radius 3 is 0.764 bits per heavy atom. The molecule has 0 bridgehead atoms. The van der Waals surface area contributed by atoms with Gasteiger partial charge in [0.05, 0.1) is 26.4 Å². The molecule has 528 valence electrons. The van der Waals surface area contributed by atoms with Crippen LogP contribution in [0.5, 0.6) is 0 Å². The first kappa shape index (κ1) is 87.1. The molecule has 0 fully saturated rings. The Morgan fingerprint density at radius 2 is 0.517 bits per heavy atom. The zero-order chi connectivity index (χ0) is 65.7. The van der Waals surface area contributed by atoms with Crippen molar-refractivity contribution in [2.75, 3.05) is 39.6 Å². The quantitative estimate of drug-likeness (QED) is 0.0222. The van der Waals surface area contributed by atoms with Crippen molar-refractivity contribution in [2.45, 2.75) is 374 Å². The minimum Gasteiger partial charge on any atom is -0.462 e. The fraction of sp³-hybridized carbons (Fsp3) is 0.943. The summed E-state index contributed by atoms with van der Waals surface area (Å²) in [6.45, 7) is 9.50. The van der Waals surface area contributed by atoms with Crippen LogP contribution in [-0.4, -0.2) is 96.7 Å². The van der Waals surface area contributed by atoms with Gasteiger partial charge in [0.2, 0.25) is 0 Å². The van der Waals surface area contributed by atoms with Crippen LogP contribution in [0.25, 0.3) is 0 Å². The van der Waals surface area contributed by atoms with E-state index in [0.29, 0.717) is 25.7 Å². The smallest absolute Gasteiger partial charge is 0.462 e. The fourth-order valence-corrected chi connectivity index (χ4v) is 12.2. The van der Waals surface area contributed by atoms with Gasteiger partial charge in [-0.25, -0.2) is 9.13 Å². The molecule has 0 radical (unpaired) electrons. The lowest BCUT2D eigenvalue weighted by atomic mass is 10.0. The first-order valence-electron chi connectivity index (χ1n) is 36.5. The van der Waals surface area contributed by atoms with Crippen molar-refractivity contribution < 1.29 is 80.2 Å². The number of carbonyl (C=O) groups is 4. The molecule has 17 nitrogen and oxygen atoms in total. The Kier molecular flexibility index (Phi) is 60.8. The molecule has 0 aromatic heterocycles. The van der Waals surface area contributed by atoms with E-state index in [9.17, 15) is 43.2 Å². The molecule has 19 heteroatoms. The summed E-state index contributed by atoms with van der Waals surface area (Å²) in [6.07, 6.45) is 47.5. The highest BCUT2D eigenvalue weighted by atomic mass is 31.2. The summed E-state index contributed by atoms with van der Waals surface area (Å²) in [7, 11) is -9.89. The Bertz CT molecular complexity index is 1730. The molecule has 0 heterocycles. The summed E-state index contributed by atoms with van der Waals surface area (Å²) in [4.78, 5) is 72.3. The maximum Gasteiger partial charge on any atom is 0.472 e. The van der Waals surface area contributed by atoms with Crippen LogP contribution >= 0.6 is 15.6 Å². The van der Waals surface area contributed by atoms with Gasteiger partial charge < -0.3 is 33.8 Å². The number of carbonyl (C=O) groups excluding carboxylic acids is 4. The molecule has 0 saturated carbocycles. The van der Waals surface area contributed by atoms with E-state index in [4.69, 9.17) is 37.0 Å². The molecule has 0 aromatic rings. The molecule has 0 amide bonds. The van der Waals surface area contributed by atoms with Gasteiger partial charge in [0.15, 0.2) is 12.2 Å². The van der Waals surface area contributed by atoms with Crippen LogP contribution in [0.4, 0.5) is 0 Å². The van der Waals surface area contributed by atoms with Gasteiger partial charge in [0.25, 0.3) is 0 Å². The summed E-state index contributed by atoms with van der Waals surface area (Å²) in [5.41, 5.74) is 0. The van der Waals surface area contributed by atoms with Crippen molar-refractivity contribution in [2.24, 2.45) is 11.8 Å². The van der Waals surface area contributed by atoms with Crippen LogP contribution < -0.4 is 0 Å². The number of ether oxygens (including phenoxy) is 4. The van der Waals surface area contributed by atoms with Crippen LogP contribution in [0.3, 0.4) is 0 Å². The van der Waals surface area contributed by atoms with Crippen molar-refractivity contribution >= 4 is 39.5 Å². The largest absolute Gasteiger partial charge is 0.472 e. The molecule has 5 atom stereocenters. The van der Waals surface area contributed by atoms with Gasteiger partial charge in [-0.3, -0.25) is 37.3 Å². The van der Waals surface area contributed by atoms with Crippen molar-refractivity contribution in [1.82, 2.24) is 0 Å². The number of aliphatic hydroxyl groups excluding tert-OH is 1. The van der Waals surface area contributed by atoms with Crippen LogP contribution in [0.1, 0.15) is 356 Å². The lowest BCUT2D eigenvalue weighted by Gasteiger charge is -2.21. The van der Waals surface area contributed by atoms with E-state index in [2.05, 4.69) is 41.5 Å². The number of hydrogen-bond donors (Lipinski definition) is 3. The molecule has 0 aromatic carbocycles. The summed E-state index contributed by atoms with van der Waals surface area (Å²) in [5, 5.41) is 10.6. The first-order valence-corrected chi connectivity index (χ1v) is 39.5. The Hall–Kier alpha value is -1.94. The third kappa shape index (κ3) is 64.6. The number of unbranched alkanes of at least 4 members (excludes halogenated alkanes) is 39. The SMILES string of the molecule is CCCCCCCCCCCCCC(=O)O[C@H](COC(=O)CCCCCCC)COP(=O)(O)OC[C@H](O)COP(=O)(O)OC[C@@H](COC(=O)CCCCCCCCCCCCCCCC(C)C)OC(=O)CCCCCCCCCCCCCCCCC(C)C. The van der Waals surface area contributed by atoms with Gasteiger partial charge in [0, 0.05) is 25.7 Å². The second-order valence-corrected chi connectivity index (χ2v) is 29.1. The van der Waals surface area contributed by atoms with Crippen LogP contribution in [0.15, 0.2) is 0 Å². The van der Waals surface area contributed by atoms with Crippen LogP contribution in [0, 0.1) is 11.8 Å². The van der Waals surface area contributed by atoms with Gasteiger partial charge >= 0.3 is 39.5 Å². The molecule has 89 heavy (non-hydrogen) atoms. The molecule has 0 aliphatic carbocycles. The molecular formula is C70H136O17P2. The van der Waals surface area contributed by atoms with E-state index in [1.807, 2.05) is 0 Å². The first-order chi connectivity index (χ1) is 42.9. The molecule has 3 N–H and O–H groups in total. The van der Waals surface area contributed by atoms with E-state index in [-0.39, 0.29) is 25.7 Å². The van der Waals surface area contributed by atoms with Gasteiger partial charge in [-0.05, 0) is 37.5 Å². The normalized spacial score (nSPS) is 14.1. The molecule has 0 aliphatic rings. The molecule has 0 aliphatic heterocycles. The van der Waals surface area contributed by atoms with E-state index in [0.717, 1.165) is 108 Å². The fourth-order valence-electron chi connectivity index (χ4n) is 10.6. The second-order valence-electron chi connectivity index (χ2n) is 26.2. The molecule has 0 rings (SSSR count). The van der Waals surface area contributed by atoms with Crippen molar-refractivity contribution in [3.8, 4) is 0 Å². The minimum atomic E-state index is -4.95. The Balaban J connectivity index is 5.16. The van der Waals surface area contributed by atoms with Crippen LogP contribution in [-0.2, 0) is 65.4 Å². The summed E-state index contributed by atoms with van der Waals surface area (Å²) < 4.78 is 68.1. The Morgan fingerprint density at radius 1 is 0.303 bits per heavy atom. The van der Waals surface area contributed by atoms with Crippen LogP contribution in [0.2, 0.25) is 0 Å². The highest BCUT2D eigenvalue weighted by Gasteiger charge is 2.30. The topological polar surface area (TPSA) is 237 Å². The Labute approximate surface area is 543 Å². The van der Waals surface area contributed by atoms with Crippen molar-refractivity contribution in [1.29, 1.82) is 0 Å². The van der Waals surface area contributed by atoms with Crippen molar-refractivity contribution in [3.63, 3.8) is 0 Å². The maximum absolute atomic E-state index is 13.0. The molecule has 0 saturated heterocycles. The predicted octanol–water partition coefficient (Wildman–Crippen LogP) is 20.0. The standard InChI is InChI=1S/C70H136O17P2/c1-7-9-11-13-14-15-23-31-36-42-48-54-69(74)86-65(58-80-67(72)52-46-38-12-10-8-2)60-84-88(76,77)82-56-64(71)57-83-89(78,79)85-61-66(59-81-68(73)53-47-41-35-30-26-22-18-20-25-29-34-40-45-51-63(5)6)87-70(75)55-49-43-37-32-27-21-17-16-19-24-28-33-39-44-50-62(3)4/h62-66,71H,7-61H2,1-6H3,(H,76,77)(H,78,79)/t64-,65+,66+/m0/s1. The highest BCUT2D eigenvalue weighted by Crippen LogP contribution is 2.45. The van der Waals surface area contributed by atoms with E-state index < -0.39 is 97.5 Å². The van der Waals surface area contributed by atoms with Gasteiger partial charge in [-0.1, -0.05) is 305 Å². The molecule has 2 unspecified atom stereocenters. The minimum absolute atomic E-state index is 0.106. The molecule has 0 spiro atoms. The zero-order valence-electron chi connectivity index (χ0n) is 57.7. The number of rotatable bonds is 69. The number of hydrogen-bond acceptors (Lipinski definition) is 15. The lowest BCUT2D eigenvalue weighted by Crippen LogP contribution is -2.30. The number of esters is 4. The van der Waals surface area contributed by atoms with Gasteiger partial charge in [0.1, 0.15) is 19.3 Å². The summed E-state index contributed by atoms with van der Waals surface area (Å²) in [5.74, 6) is -0.548. The second kappa shape index (κ2) is 62.2. The summed E-state index contributed by atoms with van der Waals surface area (Å²) >= 11 is 0. The zero-order valence-corrected chi connectivity index (χ0v) is 59.5. The number of phosphoric ester groups is 2. The number of aliphatic hydroxyl groups is 1. The van der Waals surface area contributed by atoms with E-state index >= 15 is 0 Å². The van der Waals surface area contributed by atoms with Crippen molar-refractivity contribution in [3.05, 3.63) is 0 Å². The average molecular weight is 1310 g/mol. The molecular weight excluding hydrogens is 1170 g/mol. The number of phosphoric acid groups is 2. The average Bonchev–Trinajstić information content (AvgIpc) is 3.51. The van der Waals surface area contributed by atoms with Gasteiger partial charge in [-0.15, -0.1) is 0 Å². The van der Waals surface area contributed by atoms with Gasteiger partial charge in [-0.2, -0.15) is 0 Å². The predicted molar refractivity (Wildman–Crippen MR) is 358 cm³/mol. The maximum atomic E-state index is 13.0. The van der Waals surface area contributed by atoms with E-state index in [1.165, 1.54) is 167 Å². The monoisotopic (exact) mass is 1310 g/mol.